The van der Waals surface area contributed by atoms with Gasteiger partial charge in [0.05, 0.1) is 6.61 Å². The zero-order valence-corrected chi connectivity index (χ0v) is 9.84. The van der Waals surface area contributed by atoms with Gasteiger partial charge in [-0.05, 0) is 11.6 Å². The van der Waals surface area contributed by atoms with Gasteiger partial charge in [0.2, 0.25) is 0 Å². The van der Waals surface area contributed by atoms with E-state index in [4.69, 9.17) is 10.6 Å². The van der Waals surface area contributed by atoms with Crippen LogP contribution < -0.4 is 16.0 Å². The lowest BCUT2D eigenvalue weighted by Crippen LogP contribution is -2.30. The first kappa shape index (κ1) is 11.1. The molecule has 0 saturated heterocycles. The van der Waals surface area contributed by atoms with Gasteiger partial charge in [-0.2, -0.15) is 0 Å². The molecule has 2 aromatic rings. The lowest BCUT2D eigenvalue weighted by Gasteiger charge is -2.17. The zero-order valence-electron chi connectivity index (χ0n) is 9.84. The van der Waals surface area contributed by atoms with Crippen molar-refractivity contribution >= 4 is 0 Å². The second-order valence-electron chi connectivity index (χ2n) is 4.14. The number of ether oxygens (including phenoxy) is 1. The topological polar surface area (TPSA) is 73.1 Å². The molecule has 0 bridgehead atoms. The predicted octanol–water partition coefficient (Wildman–Crippen LogP) is 0.964. The average Bonchev–Trinajstić information content (AvgIpc) is 2.90. The van der Waals surface area contributed by atoms with Crippen molar-refractivity contribution in [1.82, 2.24) is 15.4 Å². The van der Waals surface area contributed by atoms with Crippen molar-refractivity contribution in [3.63, 3.8) is 0 Å². The van der Waals surface area contributed by atoms with E-state index in [-0.39, 0.29) is 6.04 Å². The van der Waals surface area contributed by atoms with Crippen molar-refractivity contribution in [2.24, 2.45) is 5.84 Å². The van der Waals surface area contributed by atoms with Crippen molar-refractivity contribution in [2.45, 2.75) is 12.5 Å². The molecule has 0 amide bonds. The van der Waals surface area contributed by atoms with Crippen LogP contribution in [0.5, 0.6) is 5.75 Å². The Morgan fingerprint density at radius 1 is 1.22 bits per heavy atom. The van der Waals surface area contributed by atoms with Gasteiger partial charge in [0.1, 0.15) is 11.8 Å². The summed E-state index contributed by atoms with van der Waals surface area (Å²) in [6.45, 7) is 0.722. The van der Waals surface area contributed by atoms with Gasteiger partial charge in [-0.25, -0.2) is 15.4 Å². The molecule has 1 aliphatic heterocycles. The smallest absolute Gasteiger partial charge is 0.151 e. The van der Waals surface area contributed by atoms with Crippen LogP contribution in [-0.2, 0) is 6.42 Å². The Balaban J connectivity index is 2.05. The SMILES string of the molecule is NNC(c1ncccn1)c1cccc2c1OCC2. The first-order valence-corrected chi connectivity index (χ1v) is 5.88. The third kappa shape index (κ3) is 1.83. The molecule has 1 aromatic heterocycles. The van der Waals surface area contributed by atoms with Crippen LogP contribution in [-0.4, -0.2) is 16.6 Å². The summed E-state index contributed by atoms with van der Waals surface area (Å²) in [7, 11) is 0. The molecule has 1 atom stereocenters. The first-order valence-electron chi connectivity index (χ1n) is 5.88. The van der Waals surface area contributed by atoms with Gasteiger partial charge in [-0.15, -0.1) is 0 Å². The van der Waals surface area contributed by atoms with Crippen LogP contribution in [0.3, 0.4) is 0 Å². The Morgan fingerprint density at radius 3 is 2.83 bits per heavy atom. The number of nitrogens with two attached hydrogens (primary N) is 1. The second kappa shape index (κ2) is 4.72. The summed E-state index contributed by atoms with van der Waals surface area (Å²) < 4.78 is 5.68. The molecule has 2 heterocycles. The molecular weight excluding hydrogens is 228 g/mol. The van der Waals surface area contributed by atoms with Crippen LogP contribution in [0.25, 0.3) is 0 Å². The molecule has 3 rings (SSSR count). The molecule has 0 radical (unpaired) electrons. The quantitative estimate of drug-likeness (QED) is 0.619. The minimum Gasteiger partial charge on any atom is -0.493 e. The Morgan fingerprint density at radius 2 is 2.06 bits per heavy atom. The molecule has 5 nitrogen and oxygen atoms in total. The fourth-order valence-electron chi connectivity index (χ4n) is 2.23. The number of nitrogens with one attached hydrogen (secondary N) is 1. The average molecular weight is 242 g/mol. The van der Waals surface area contributed by atoms with Crippen LogP contribution in [0.2, 0.25) is 0 Å². The lowest BCUT2D eigenvalue weighted by atomic mass is 10.0. The van der Waals surface area contributed by atoms with Gasteiger partial charge in [0, 0.05) is 24.4 Å². The highest BCUT2D eigenvalue weighted by Gasteiger charge is 2.23. The Hall–Kier alpha value is -1.98. The molecule has 1 unspecified atom stereocenters. The standard InChI is InChI=1S/C13H14N4O/c14-17-11(13-15-6-2-7-16-13)10-4-1-3-9-5-8-18-12(9)10/h1-4,6-7,11,17H,5,8,14H2. The number of aromatic nitrogens is 2. The van der Waals surface area contributed by atoms with Crippen LogP contribution in [0.15, 0.2) is 36.7 Å². The molecule has 3 N–H and O–H groups in total. The number of para-hydroxylation sites is 1. The number of hydrogen-bond acceptors (Lipinski definition) is 5. The third-order valence-corrected chi connectivity index (χ3v) is 3.07. The molecule has 0 saturated carbocycles. The van der Waals surface area contributed by atoms with Crippen molar-refractivity contribution in [1.29, 1.82) is 0 Å². The zero-order chi connectivity index (χ0) is 12.4. The third-order valence-electron chi connectivity index (χ3n) is 3.07. The van der Waals surface area contributed by atoms with E-state index >= 15 is 0 Å². The maximum atomic E-state index is 5.68. The van der Waals surface area contributed by atoms with Crippen molar-refractivity contribution in [3.8, 4) is 5.75 Å². The van der Waals surface area contributed by atoms with Crippen molar-refractivity contribution in [3.05, 3.63) is 53.6 Å². The van der Waals surface area contributed by atoms with Gasteiger partial charge in [-0.3, -0.25) is 5.84 Å². The van der Waals surface area contributed by atoms with E-state index < -0.39 is 0 Å². The van der Waals surface area contributed by atoms with Gasteiger partial charge in [0.15, 0.2) is 5.82 Å². The lowest BCUT2D eigenvalue weighted by molar-refractivity contribution is 0.350. The highest BCUT2D eigenvalue weighted by molar-refractivity contribution is 5.47. The molecular formula is C13H14N4O. The number of hydrazine groups is 1. The van der Waals surface area contributed by atoms with Crippen molar-refractivity contribution in [2.75, 3.05) is 6.61 Å². The molecule has 0 fully saturated rings. The Labute approximate surface area is 105 Å². The number of nitrogens with zero attached hydrogens (tertiary/aromatic N) is 2. The van der Waals surface area contributed by atoms with E-state index in [1.807, 2.05) is 12.1 Å². The van der Waals surface area contributed by atoms with Gasteiger partial charge < -0.3 is 4.74 Å². The monoisotopic (exact) mass is 242 g/mol. The van der Waals surface area contributed by atoms with Crippen LogP contribution in [0.4, 0.5) is 0 Å². The van der Waals surface area contributed by atoms with Crippen molar-refractivity contribution < 1.29 is 4.74 Å². The Kier molecular flexibility index (Phi) is 2.92. The van der Waals surface area contributed by atoms with Crippen LogP contribution in [0, 0.1) is 0 Å². The minimum atomic E-state index is -0.251. The molecule has 0 spiro atoms. The van der Waals surface area contributed by atoms with Crippen LogP contribution >= 0.6 is 0 Å². The normalized spacial score (nSPS) is 14.9. The summed E-state index contributed by atoms with van der Waals surface area (Å²) in [6.07, 6.45) is 4.35. The maximum absolute atomic E-state index is 5.68. The highest BCUT2D eigenvalue weighted by Crippen LogP contribution is 2.34. The number of rotatable bonds is 3. The largest absolute Gasteiger partial charge is 0.493 e. The molecule has 5 heteroatoms. The van der Waals surface area contributed by atoms with E-state index in [0.29, 0.717) is 5.82 Å². The molecule has 92 valence electrons. The number of hydrogen-bond donors (Lipinski definition) is 2. The number of fused-ring (bicyclic) bond motifs is 1. The first-order chi connectivity index (χ1) is 8.90. The number of benzene rings is 1. The molecule has 1 aliphatic rings. The molecule has 1 aromatic carbocycles. The maximum Gasteiger partial charge on any atom is 0.151 e. The van der Waals surface area contributed by atoms with Crippen LogP contribution in [0.1, 0.15) is 23.0 Å². The Bertz CT molecular complexity index is 544. The van der Waals surface area contributed by atoms with E-state index in [9.17, 15) is 0 Å². The van der Waals surface area contributed by atoms with E-state index in [1.165, 1.54) is 5.56 Å². The summed E-state index contributed by atoms with van der Waals surface area (Å²) in [6, 6.07) is 7.61. The molecule has 0 aliphatic carbocycles. The van der Waals surface area contributed by atoms with Gasteiger partial charge >= 0.3 is 0 Å². The highest BCUT2D eigenvalue weighted by atomic mass is 16.5. The fraction of sp³-hybridized carbons (Fsp3) is 0.231. The summed E-state index contributed by atoms with van der Waals surface area (Å²) in [5.41, 5.74) is 4.96. The van der Waals surface area contributed by atoms with Gasteiger partial charge in [0.25, 0.3) is 0 Å². The summed E-state index contributed by atoms with van der Waals surface area (Å²) >= 11 is 0. The second-order valence-corrected chi connectivity index (χ2v) is 4.14. The van der Waals surface area contributed by atoms with E-state index in [0.717, 1.165) is 24.3 Å². The molecule has 18 heavy (non-hydrogen) atoms. The summed E-state index contributed by atoms with van der Waals surface area (Å²) in [5.74, 6) is 7.20. The van der Waals surface area contributed by atoms with E-state index in [1.54, 1.807) is 18.5 Å². The fourth-order valence-corrected chi connectivity index (χ4v) is 2.23. The summed E-state index contributed by atoms with van der Waals surface area (Å²) in [5, 5.41) is 0. The van der Waals surface area contributed by atoms with E-state index in [2.05, 4.69) is 21.5 Å². The predicted molar refractivity (Wildman–Crippen MR) is 66.8 cm³/mol. The minimum absolute atomic E-state index is 0.251. The van der Waals surface area contributed by atoms with Gasteiger partial charge in [-0.1, -0.05) is 18.2 Å². The summed E-state index contributed by atoms with van der Waals surface area (Å²) in [4.78, 5) is 8.49.